The Hall–Kier alpha value is -1.55. The molecule has 1 N–H and O–H groups in total. The fourth-order valence-electron chi connectivity index (χ4n) is 3.27. The highest BCUT2D eigenvalue weighted by molar-refractivity contribution is 5.74. The lowest BCUT2D eigenvalue weighted by atomic mass is 9.99. The molecular formula is C15H19NO3. The van der Waals surface area contributed by atoms with Crippen LogP contribution in [0, 0.1) is 0 Å². The van der Waals surface area contributed by atoms with Crippen molar-refractivity contribution in [3.63, 3.8) is 0 Å². The highest BCUT2D eigenvalue weighted by Gasteiger charge is 2.37. The first-order chi connectivity index (χ1) is 9.27. The van der Waals surface area contributed by atoms with E-state index in [1.807, 2.05) is 18.2 Å². The van der Waals surface area contributed by atoms with Crippen LogP contribution in [0.3, 0.4) is 0 Å². The van der Waals surface area contributed by atoms with Gasteiger partial charge in [-0.15, -0.1) is 0 Å². The van der Waals surface area contributed by atoms with Crippen LogP contribution < -0.4 is 4.74 Å². The molecule has 0 saturated carbocycles. The quantitative estimate of drug-likeness (QED) is 0.888. The van der Waals surface area contributed by atoms with Crippen molar-refractivity contribution >= 4 is 5.97 Å². The van der Waals surface area contributed by atoms with Gasteiger partial charge in [0.15, 0.2) is 0 Å². The SMILES string of the molecule is O=C(O)C1CCCN1C1CCCOc2ccccc21. The van der Waals surface area contributed by atoms with Gasteiger partial charge >= 0.3 is 5.97 Å². The summed E-state index contributed by atoms with van der Waals surface area (Å²) in [4.78, 5) is 13.5. The molecule has 102 valence electrons. The van der Waals surface area contributed by atoms with Gasteiger partial charge in [0.05, 0.1) is 6.61 Å². The summed E-state index contributed by atoms with van der Waals surface area (Å²) < 4.78 is 5.76. The second-order valence-corrected chi connectivity index (χ2v) is 5.28. The lowest BCUT2D eigenvalue weighted by Gasteiger charge is -2.31. The fourth-order valence-corrected chi connectivity index (χ4v) is 3.27. The molecule has 1 saturated heterocycles. The monoisotopic (exact) mass is 261 g/mol. The number of hydrogen-bond donors (Lipinski definition) is 1. The lowest BCUT2D eigenvalue weighted by molar-refractivity contribution is -0.143. The van der Waals surface area contributed by atoms with E-state index >= 15 is 0 Å². The Bertz CT molecular complexity index is 474. The number of carbonyl (C=O) groups is 1. The second-order valence-electron chi connectivity index (χ2n) is 5.28. The van der Waals surface area contributed by atoms with Gasteiger partial charge in [-0.3, -0.25) is 9.69 Å². The van der Waals surface area contributed by atoms with Gasteiger partial charge in [-0.2, -0.15) is 0 Å². The largest absolute Gasteiger partial charge is 0.493 e. The number of carboxylic acid groups (broad SMARTS) is 1. The first-order valence-electron chi connectivity index (χ1n) is 6.97. The number of carboxylic acids is 1. The first kappa shape index (κ1) is 12.5. The number of ether oxygens (including phenoxy) is 1. The summed E-state index contributed by atoms with van der Waals surface area (Å²) in [6.07, 6.45) is 3.67. The van der Waals surface area contributed by atoms with Gasteiger partial charge in [-0.25, -0.2) is 0 Å². The summed E-state index contributed by atoms with van der Waals surface area (Å²) in [5, 5.41) is 9.36. The molecule has 1 aromatic carbocycles. The molecule has 2 unspecified atom stereocenters. The van der Waals surface area contributed by atoms with Gasteiger partial charge in [-0.1, -0.05) is 18.2 Å². The number of fused-ring (bicyclic) bond motifs is 1. The van der Waals surface area contributed by atoms with Crippen LogP contribution in [-0.2, 0) is 4.79 Å². The average molecular weight is 261 g/mol. The number of hydrogen-bond acceptors (Lipinski definition) is 3. The molecule has 0 spiro atoms. The molecule has 0 bridgehead atoms. The molecule has 0 amide bonds. The third-order valence-corrected chi connectivity index (χ3v) is 4.14. The van der Waals surface area contributed by atoms with Crippen LogP contribution in [0.25, 0.3) is 0 Å². The van der Waals surface area contributed by atoms with Crippen molar-refractivity contribution in [2.24, 2.45) is 0 Å². The first-order valence-corrected chi connectivity index (χ1v) is 6.97. The number of para-hydroxylation sites is 1. The van der Waals surface area contributed by atoms with Gasteiger partial charge in [0.1, 0.15) is 11.8 Å². The minimum absolute atomic E-state index is 0.183. The molecule has 1 aromatic rings. The van der Waals surface area contributed by atoms with Crippen molar-refractivity contribution in [3.05, 3.63) is 29.8 Å². The number of rotatable bonds is 2. The van der Waals surface area contributed by atoms with Crippen LogP contribution in [0.2, 0.25) is 0 Å². The van der Waals surface area contributed by atoms with E-state index in [-0.39, 0.29) is 12.1 Å². The van der Waals surface area contributed by atoms with Crippen LogP contribution in [0.5, 0.6) is 5.75 Å². The predicted octanol–water partition coefficient (Wildman–Crippen LogP) is 2.45. The van der Waals surface area contributed by atoms with Crippen molar-refractivity contribution in [1.82, 2.24) is 4.90 Å². The standard InChI is InChI=1S/C15H19NO3/c17-15(18)13-6-3-9-16(13)12-7-4-10-19-14-8-2-1-5-11(12)14/h1-2,5,8,12-13H,3-4,6-7,9-10H2,(H,17,18). The normalized spacial score (nSPS) is 27.4. The second kappa shape index (κ2) is 5.21. The molecule has 3 rings (SSSR count). The van der Waals surface area contributed by atoms with E-state index in [1.165, 1.54) is 0 Å². The van der Waals surface area contributed by atoms with E-state index in [2.05, 4.69) is 11.0 Å². The van der Waals surface area contributed by atoms with E-state index in [1.54, 1.807) is 0 Å². The van der Waals surface area contributed by atoms with Crippen molar-refractivity contribution in [1.29, 1.82) is 0 Å². The summed E-state index contributed by atoms with van der Waals surface area (Å²) in [5.74, 6) is 0.223. The van der Waals surface area contributed by atoms with Crippen molar-refractivity contribution in [2.75, 3.05) is 13.2 Å². The minimum Gasteiger partial charge on any atom is -0.493 e. The predicted molar refractivity (Wildman–Crippen MR) is 71.3 cm³/mol. The molecular weight excluding hydrogens is 242 g/mol. The van der Waals surface area contributed by atoms with E-state index in [0.717, 1.165) is 50.1 Å². The Morgan fingerprint density at radius 1 is 1.26 bits per heavy atom. The lowest BCUT2D eigenvalue weighted by Crippen LogP contribution is -2.38. The van der Waals surface area contributed by atoms with Crippen LogP contribution in [0.4, 0.5) is 0 Å². The Morgan fingerprint density at radius 2 is 2.11 bits per heavy atom. The van der Waals surface area contributed by atoms with E-state index in [9.17, 15) is 9.90 Å². The minimum atomic E-state index is -0.694. The van der Waals surface area contributed by atoms with Crippen LogP contribution in [0.1, 0.15) is 37.3 Å². The zero-order valence-corrected chi connectivity index (χ0v) is 10.9. The van der Waals surface area contributed by atoms with Gasteiger partial charge in [0.2, 0.25) is 0 Å². The summed E-state index contributed by atoms with van der Waals surface area (Å²) in [7, 11) is 0. The zero-order valence-electron chi connectivity index (χ0n) is 10.9. The van der Waals surface area contributed by atoms with Crippen molar-refractivity contribution in [2.45, 2.75) is 37.8 Å². The fraction of sp³-hybridized carbons (Fsp3) is 0.533. The number of aliphatic carboxylic acids is 1. The van der Waals surface area contributed by atoms with Crippen molar-refractivity contribution in [3.8, 4) is 5.75 Å². The molecule has 4 nitrogen and oxygen atoms in total. The molecule has 2 atom stereocenters. The molecule has 2 aliphatic heterocycles. The molecule has 2 aliphatic rings. The maximum absolute atomic E-state index is 11.4. The summed E-state index contributed by atoms with van der Waals surface area (Å²) in [6, 6.07) is 7.88. The van der Waals surface area contributed by atoms with Gasteiger partial charge < -0.3 is 9.84 Å². The zero-order chi connectivity index (χ0) is 13.2. The molecule has 0 aliphatic carbocycles. The van der Waals surface area contributed by atoms with Crippen LogP contribution >= 0.6 is 0 Å². The topological polar surface area (TPSA) is 49.8 Å². The Morgan fingerprint density at radius 3 is 2.95 bits per heavy atom. The Labute approximate surface area is 113 Å². The molecule has 19 heavy (non-hydrogen) atoms. The Kier molecular flexibility index (Phi) is 3.42. The maximum Gasteiger partial charge on any atom is 0.320 e. The number of benzene rings is 1. The maximum atomic E-state index is 11.4. The summed E-state index contributed by atoms with van der Waals surface area (Å²) in [6.45, 7) is 1.59. The Balaban J connectivity index is 1.93. The molecule has 1 fully saturated rings. The smallest absolute Gasteiger partial charge is 0.320 e. The van der Waals surface area contributed by atoms with Gasteiger partial charge in [-0.05, 0) is 38.3 Å². The number of likely N-dealkylation sites (tertiary alicyclic amines) is 1. The summed E-state index contributed by atoms with van der Waals surface area (Å²) in [5.41, 5.74) is 1.15. The van der Waals surface area contributed by atoms with Crippen LogP contribution in [-0.4, -0.2) is 35.2 Å². The van der Waals surface area contributed by atoms with E-state index in [0.29, 0.717) is 0 Å². The van der Waals surface area contributed by atoms with Gasteiger partial charge in [0.25, 0.3) is 0 Å². The molecule has 2 heterocycles. The molecule has 0 radical (unpaired) electrons. The highest BCUT2D eigenvalue weighted by Crippen LogP contribution is 2.38. The van der Waals surface area contributed by atoms with E-state index in [4.69, 9.17) is 4.74 Å². The highest BCUT2D eigenvalue weighted by atomic mass is 16.5. The average Bonchev–Trinajstić information content (AvgIpc) is 2.80. The van der Waals surface area contributed by atoms with Crippen molar-refractivity contribution < 1.29 is 14.6 Å². The molecule has 0 aromatic heterocycles. The molecule has 4 heteroatoms. The summed E-state index contributed by atoms with van der Waals surface area (Å²) >= 11 is 0. The van der Waals surface area contributed by atoms with E-state index < -0.39 is 5.97 Å². The van der Waals surface area contributed by atoms with Gasteiger partial charge in [0, 0.05) is 11.6 Å². The third kappa shape index (κ3) is 2.32. The third-order valence-electron chi connectivity index (χ3n) is 4.14. The number of nitrogens with zero attached hydrogens (tertiary/aromatic N) is 1. The van der Waals surface area contributed by atoms with Crippen LogP contribution in [0.15, 0.2) is 24.3 Å².